The molecule has 1 aliphatic heterocycles. The molecule has 2 atom stereocenters. The van der Waals surface area contributed by atoms with E-state index in [2.05, 4.69) is 64.8 Å². The number of hydrogen-bond donors (Lipinski definition) is 1. The van der Waals surface area contributed by atoms with Crippen molar-refractivity contribution in [2.75, 3.05) is 34.4 Å². The molecule has 0 bridgehead atoms. The zero-order chi connectivity index (χ0) is 27.5. The van der Waals surface area contributed by atoms with Gasteiger partial charge in [-0.15, -0.1) is 0 Å². The summed E-state index contributed by atoms with van der Waals surface area (Å²) in [5, 5.41) is 11.9. The molecule has 2 unspecified atom stereocenters. The summed E-state index contributed by atoms with van der Waals surface area (Å²) in [6.07, 6.45) is 4.09. The Hall–Kier alpha value is -2.90. The third kappa shape index (κ3) is 5.99. The van der Waals surface area contributed by atoms with Crippen LogP contribution in [-0.4, -0.2) is 61.1 Å². The van der Waals surface area contributed by atoms with E-state index in [0.29, 0.717) is 13.2 Å². The second kappa shape index (κ2) is 11.7. The fraction of sp³-hybridized carbons (Fsp3) is 0.533. The molecule has 1 aliphatic rings. The number of methoxy groups -OCH3 is 2. The summed E-state index contributed by atoms with van der Waals surface area (Å²) in [5.74, 6) is -1.20. The van der Waals surface area contributed by atoms with Crippen LogP contribution in [0.5, 0.6) is 0 Å². The number of rotatable bonds is 8. The highest BCUT2D eigenvalue weighted by Gasteiger charge is 2.35. The van der Waals surface area contributed by atoms with Gasteiger partial charge in [-0.25, -0.2) is 4.79 Å². The molecule has 37 heavy (non-hydrogen) atoms. The highest BCUT2D eigenvalue weighted by molar-refractivity contribution is 5.87. The molecular formula is C30H42N2O5. The second-order valence-electron chi connectivity index (χ2n) is 11.1. The van der Waals surface area contributed by atoms with E-state index in [4.69, 9.17) is 9.47 Å². The third-order valence-corrected chi connectivity index (χ3v) is 7.50. The SMILES string of the molecule is CCC(C)=c1c(CCC(COC)OC)ccc/c1=C1\c2cc(=O)c(C(=O)O)cn2C(C(C)(C)C)CN1C. The van der Waals surface area contributed by atoms with E-state index >= 15 is 0 Å². The first-order valence-corrected chi connectivity index (χ1v) is 13.0. The van der Waals surface area contributed by atoms with Gasteiger partial charge >= 0.3 is 5.97 Å². The average molecular weight is 511 g/mol. The number of hydrogen-bond acceptors (Lipinski definition) is 5. The van der Waals surface area contributed by atoms with Gasteiger partial charge in [0.05, 0.1) is 30.1 Å². The Labute approximate surface area is 220 Å². The van der Waals surface area contributed by atoms with Crippen LogP contribution in [0.4, 0.5) is 0 Å². The normalized spacial score (nSPS) is 18.9. The Morgan fingerprint density at radius 1 is 1.24 bits per heavy atom. The molecule has 0 saturated heterocycles. The van der Waals surface area contributed by atoms with Crippen LogP contribution >= 0.6 is 0 Å². The average Bonchev–Trinajstić information content (AvgIpc) is 2.84. The number of carboxylic acid groups (broad SMARTS) is 1. The number of pyridine rings is 1. The number of nitrogens with zero attached hydrogens (tertiary/aromatic N) is 2. The molecule has 2 aromatic rings. The summed E-state index contributed by atoms with van der Waals surface area (Å²) in [7, 11) is 5.45. The van der Waals surface area contributed by atoms with Crippen molar-refractivity contribution in [2.24, 2.45) is 5.41 Å². The fourth-order valence-corrected chi connectivity index (χ4v) is 5.28. The first-order valence-electron chi connectivity index (χ1n) is 13.0. The van der Waals surface area contributed by atoms with Crippen molar-refractivity contribution in [2.45, 2.75) is 66.0 Å². The molecule has 0 radical (unpaired) electrons. The Bertz CT molecular complexity index is 1320. The van der Waals surface area contributed by atoms with Crippen LogP contribution < -0.4 is 15.9 Å². The topological polar surface area (TPSA) is 81.0 Å². The molecule has 3 rings (SSSR count). The number of aromatic carboxylic acids is 1. The predicted octanol–water partition coefficient (Wildman–Crippen LogP) is 3.41. The van der Waals surface area contributed by atoms with E-state index in [-0.39, 0.29) is 23.1 Å². The van der Waals surface area contributed by atoms with Gasteiger partial charge in [0.25, 0.3) is 0 Å². The number of carboxylic acids is 1. The summed E-state index contributed by atoms with van der Waals surface area (Å²) in [6, 6.07) is 7.85. The molecule has 2 heterocycles. The number of fused-ring (bicyclic) bond motifs is 1. The Kier molecular flexibility index (Phi) is 9.03. The van der Waals surface area contributed by atoms with Gasteiger partial charge in [0.2, 0.25) is 0 Å². The van der Waals surface area contributed by atoms with Gasteiger partial charge in [-0.1, -0.05) is 51.5 Å². The Morgan fingerprint density at radius 2 is 1.95 bits per heavy atom. The van der Waals surface area contributed by atoms with Crippen LogP contribution in [0, 0.1) is 5.41 Å². The van der Waals surface area contributed by atoms with E-state index in [9.17, 15) is 14.7 Å². The zero-order valence-electron chi connectivity index (χ0n) is 23.6. The fourth-order valence-electron chi connectivity index (χ4n) is 5.28. The van der Waals surface area contributed by atoms with Gasteiger partial charge in [0, 0.05) is 45.3 Å². The first kappa shape index (κ1) is 28.7. The standard InChI is InChI=1S/C30H42N2O5/c1-9-19(2)27-20(13-14-21(37-8)18-36-7)11-10-12-22(27)28-24-15-25(33)23(29(34)35)16-32(24)26(17-31(28)6)30(3,4)5/h10-12,15-16,21,26H,9,13-14,17-18H2,1-8H3,(H,34,35)/b27-19?,28-22-. The van der Waals surface area contributed by atoms with Gasteiger partial charge in [-0.2, -0.15) is 0 Å². The van der Waals surface area contributed by atoms with Crippen LogP contribution in [0.3, 0.4) is 0 Å². The number of likely N-dealkylation sites (N-methyl/N-ethyl adjacent to an activating group) is 1. The first-order chi connectivity index (χ1) is 17.4. The smallest absolute Gasteiger partial charge is 0.341 e. The molecule has 0 spiro atoms. The molecule has 202 valence electrons. The summed E-state index contributed by atoms with van der Waals surface area (Å²) in [5.41, 5.74) is 3.36. The van der Waals surface area contributed by atoms with Crippen LogP contribution in [0.1, 0.15) is 75.1 Å². The predicted molar refractivity (Wildman–Crippen MR) is 147 cm³/mol. The lowest BCUT2D eigenvalue weighted by atomic mass is 9.84. The van der Waals surface area contributed by atoms with E-state index in [1.165, 1.54) is 28.6 Å². The van der Waals surface area contributed by atoms with Crippen molar-refractivity contribution in [1.82, 2.24) is 9.47 Å². The van der Waals surface area contributed by atoms with Gasteiger partial charge in [-0.3, -0.25) is 4.79 Å². The van der Waals surface area contributed by atoms with Crippen molar-refractivity contribution < 1.29 is 19.4 Å². The van der Waals surface area contributed by atoms with Crippen molar-refractivity contribution in [3.05, 3.63) is 67.9 Å². The molecule has 0 amide bonds. The van der Waals surface area contributed by atoms with Gasteiger partial charge in [0.15, 0.2) is 5.43 Å². The highest BCUT2D eigenvalue weighted by Crippen LogP contribution is 2.37. The molecule has 0 aliphatic carbocycles. The maximum atomic E-state index is 12.9. The number of carbonyl (C=O) groups is 1. The van der Waals surface area contributed by atoms with E-state index in [1.54, 1.807) is 14.2 Å². The van der Waals surface area contributed by atoms with Crippen molar-refractivity contribution in [3.8, 4) is 0 Å². The molecule has 1 N–H and O–H groups in total. The van der Waals surface area contributed by atoms with Crippen molar-refractivity contribution in [3.63, 3.8) is 0 Å². The van der Waals surface area contributed by atoms with Crippen LogP contribution in [0.15, 0.2) is 35.3 Å². The summed E-state index contributed by atoms with van der Waals surface area (Å²) >= 11 is 0. The second-order valence-corrected chi connectivity index (χ2v) is 11.1. The van der Waals surface area contributed by atoms with E-state index in [1.807, 2.05) is 4.57 Å². The molecule has 0 fully saturated rings. The maximum Gasteiger partial charge on any atom is 0.341 e. The minimum Gasteiger partial charge on any atom is -0.477 e. The van der Waals surface area contributed by atoms with Crippen molar-refractivity contribution in [1.29, 1.82) is 0 Å². The lowest BCUT2D eigenvalue weighted by Crippen LogP contribution is -2.46. The number of aryl methyl sites for hydroxylation is 1. The Balaban J connectivity index is 2.38. The largest absolute Gasteiger partial charge is 0.477 e. The number of benzene rings is 1. The van der Waals surface area contributed by atoms with Gasteiger partial charge in [-0.05, 0) is 42.4 Å². The zero-order valence-corrected chi connectivity index (χ0v) is 23.6. The van der Waals surface area contributed by atoms with Gasteiger partial charge < -0.3 is 24.0 Å². The Morgan fingerprint density at radius 3 is 2.51 bits per heavy atom. The van der Waals surface area contributed by atoms with Crippen LogP contribution in [-0.2, 0) is 15.9 Å². The molecule has 0 saturated carbocycles. The van der Waals surface area contributed by atoms with Crippen LogP contribution in [0.25, 0.3) is 11.3 Å². The molecular weight excluding hydrogens is 468 g/mol. The third-order valence-electron chi connectivity index (χ3n) is 7.50. The molecule has 1 aromatic carbocycles. The highest BCUT2D eigenvalue weighted by atomic mass is 16.5. The lowest BCUT2D eigenvalue weighted by Gasteiger charge is -2.43. The van der Waals surface area contributed by atoms with E-state index in [0.717, 1.165) is 35.9 Å². The molecule has 7 nitrogen and oxygen atoms in total. The van der Waals surface area contributed by atoms with Gasteiger partial charge in [0.1, 0.15) is 5.56 Å². The quantitative estimate of drug-likeness (QED) is 0.586. The van der Waals surface area contributed by atoms with Crippen molar-refractivity contribution >= 4 is 17.2 Å². The molecule has 7 heteroatoms. The minimum absolute atomic E-state index is 0.00524. The van der Waals surface area contributed by atoms with Crippen LogP contribution in [0.2, 0.25) is 0 Å². The monoisotopic (exact) mass is 510 g/mol. The summed E-state index contributed by atoms with van der Waals surface area (Å²) in [6.45, 7) is 12.0. The maximum absolute atomic E-state index is 12.9. The minimum atomic E-state index is -1.20. The number of aromatic nitrogens is 1. The number of ether oxygens (including phenoxy) is 2. The summed E-state index contributed by atoms with van der Waals surface area (Å²) < 4.78 is 12.9. The lowest BCUT2D eigenvalue weighted by molar-refractivity contribution is 0.0237. The van der Waals surface area contributed by atoms with E-state index < -0.39 is 11.4 Å². The molecule has 1 aromatic heterocycles. The summed E-state index contributed by atoms with van der Waals surface area (Å²) in [4.78, 5) is 27.0.